The van der Waals surface area contributed by atoms with E-state index in [1.54, 1.807) is 36.4 Å². The van der Waals surface area contributed by atoms with Crippen LogP contribution in [0.25, 0.3) is 10.9 Å². The second-order valence-electron chi connectivity index (χ2n) is 7.23. The number of nitrogens with zero attached hydrogens (tertiary/aromatic N) is 1. The van der Waals surface area contributed by atoms with Gasteiger partial charge in [-0.2, -0.15) is 4.31 Å². The molecule has 0 radical (unpaired) electrons. The van der Waals surface area contributed by atoms with Gasteiger partial charge in [0.15, 0.2) is 0 Å². The number of rotatable bonds is 6. The highest BCUT2D eigenvalue weighted by molar-refractivity contribution is 7.89. The fourth-order valence-electron chi connectivity index (χ4n) is 3.49. The lowest BCUT2D eigenvalue weighted by Gasteiger charge is -2.22. The second-order valence-corrected chi connectivity index (χ2v) is 9.17. The summed E-state index contributed by atoms with van der Waals surface area (Å²) in [4.78, 5) is 15.9. The van der Waals surface area contributed by atoms with Gasteiger partial charge < -0.3 is 4.98 Å². The molecule has 152 valence electrons. The quantitative estimate of drug-likeness (QED) is 0.509. The van der Waals surface area contributed by atoms with Gasteiger partial charge in [0.1, 0.15) is 0 Å². The Morgan fingerprint density at radius 3 is 2.20 bits per heavy atom. The van der Waals surface area contributed by atoms with E-state index < -0.39 is 10.0 Å². The molecule has 1 heterocycles. The predicted molar refractivity (Wildman–Crippen MR) is 119 cm³/mol. The average molecular weight is 419 g/mol. The molecule has 1 aromatic heterocycles. The molecule has 0 fully saturated rings. The molecule has 0 saturated carbocycles. The summed E-state index contributed by atoms with van der Waals surface area (Å²) in [7, 11) is -3.80. The van der Waals surface area contributed by atoms with Crippen LogP contribution in [0, 0.1) is 6.92 Å². The van der Waals surface area contributed by atoms with Crippen LogP contribution in [0.3, 0.4) is 0 Å². The van der Waals surface area contributed by atoms with Crippen LogP contribution in [-0.4, -0.2) is 17.7 Å². The van der Waals surface area contributed by atoms with Gasteiger partial charge in [-0.3, -0.25) is 4.79 Å². The minimum absolute atomic E-state index is 0.0225. The number of hydrogen-bond donors (Lipinski definition) is 1. The minimum Gasteiger partial charge on any atom is -0.321 e. The van der Waals surface area contributed by atoms with Crippen LogP contribution in [0.4, 0.5) is 0 Å². The molecule has 0 aliphatic heterocycles. The van der Waals surface area contributed by atoms with Crippen molar-refractivity contribution in [2.24, 2.45) is 0 Å². The largest absolute Gasteiger partial charge is 0.321 e. The maximum Gasteiger partial charge on any atom is 0.252 e. The van der Waals surface area contributed by atoms with Crippen molar-refractivity contribution < 1.29 is 8.42 Å². The summed E-state index contributed by atoms with van der Waals surface area (Å²) in [5, 5.41) is 0.876. The number of sulfonamides is 1. The van der Waals surface area contributed by atoms with E-state index in [0.717, 1.165) is 22.0 Å². The third-order valence-electron chi connectivity index (χ3n) is 5.09. The van der Waals surface area contributed by atoms with Crippen LogP contribution < -0.4 is 5.56 Å². The first-order valence-electron chi connectivity index (χ1n) is 9.66. The summed E-state index contributed by atoms with van der Waals surface area (Å²) < 4.78 is 28.1. The number of nitrogens with one attached hydrogen (secondary N) is 1. The molecule has 4 rings (SSSR count). The monoisotopic (exact) mass is 418 g/mol. The Labute approximate surface area is 175 Å². The standard InChI is InChI=1S/C24H22N2O3S/c1-18-9-8-12-20-15-21(24(27)25-23(18)20)17-26(16-19-10-4-2-5-11-19)30(28,29)22-13-6-3-7-14-22/h2-15H,16-17H2,1H3,(H,25,27). The van der Waals surface area contributed by atoms with Crippen molar-refractivity contribution in [3.63, 3.8) is 0 Å². The first kappa shape index (κ1) is 20.1. The van der Waals surface area contributed by atoms with Gasteiger partial charge in [0.25, 0.3) is 5.56 Å². The van der Waals surface area contributed by atoms with Gasteiger partial charge in [0.2, 0.25) is 10.0 Å². The first-order chi connectivity index (χ1) is 14.4. The molecule has 4 aromatic rings. The molecule has 3 aromatic carbocycles. The Bertz CT molecular complexity index is 1330. The molecule has 1 N–H and O–H groups in total. The summed E-state index contributed by atoms with van der Waals surface area (Å²) in [5.74, 6) is 0. The molecule has 0 aliphatic carbocycles. The summed E-state index contributed by atoms with van der Waals surface area (Å²) in [5.41, 5.74) is 2.72. The normalized spacial score (nSPS) is 11.8. The Hall–Kier alpha value is -3.22. The number of benzene rings is 3. The van der Waals surface area contributed by atoms with Crippen LogP contribution in [0.2, 0.25) is 0 Å². The van der Waals surface area contributed by atoms with E-state index in [-0.39, 0.29) is 23.5 Å². The number of aryl methyl sites for hydroxylation is 1. The second kappa shape index (κ2) is 8.26. The molecular weight excluding hydrogens is 396 g/mol. The van der Waals surface area contributed by atoms with E-state index in [0.29, 0.717) is 5.56 Å². The average Bonchev–Trinajstić information content (AvgIpc) is 2.76. The predicted octanol–water partition coefficient (Wildman–Crippen LogP) is 4.23. The molecule has 30 heavy (non-hydrogen) atoms. The topological polar surface area (TPSA) is 70.2 Å². The Morgan fingerprint density at radius 1 is 0.833 bits per heavy atom. The van der Waals surface area contributed by atoms with E-state index in [1.165, 1.54) is 4.31 Å². The van der Waals surface area contributed by atoms with Gasteiger partial charge >= 0.3 is 0 Å². The highest BCUT2D eigenvalue weighted by Gasteiger charge is 2.25. The lowest BCUT2D eigenvalue weighted by atomic mass is 10.1. The van der Waals surface area contributed by atoms with Crippen molar-refractivity contribution in [3.8, 4) is 0 Å². The van der Waals surface area contributed by atoms with Crippen LogP contribution in [0.15, 0.2) is 94.6 Å². The van der Waals surface area contributed by atoms with Crippen molar-refractivity contribution >= 4 is 20.9 Å². The zero-order chi connectivity index (χ0) is 21.1. The highest BCUT2D eigenvalue weighted by atomic mass is 32.2. The van der Waals surface area contributed by atoms with Gasteiger partial charge in [-0.15, -0.1) is 0 Å². The third kappa shape index (κ3) is 4.06. The van der Waals surface area contributed by atoms with Gasteiger partial charge in [-0.1, -0.05) is 66.7 Å². The summed E-state index contributed by atoms with van der Waals surface area (Å²) >= 11 is 0. The van der Waals surface area contributed by atoms with Crippen LogP contribution in [0.5, 0.6) is 0 Å². The first-order valence-corrected chi connectivity index (χ1v) is 11.1. The van der Waals surface area contributed by atoms with Crippen LogP contribution >= 0.6 is 0 Å². The molecule has 0 atom stereocenters. The Morgan fingerprint density at radius 2 is 1.50 bits per heavy atom. The maximum absolute atomic E-state index is 13.4. The number of aromatic amines is 1. The molecule has 5 nitrogen and oxygen atoms in total. The van der Waals surface area contributed by atoms with Gasteiger partial charge in [0, 0.05) is 18.7 Å². The van der Waals surface area contributed by atoms with E-state index in [1.807, 2.05) is 55.5 Å². The molecule has 0 unspecified atom stereocenters. The molecule has 0 spiro atoms. The number of para-hydroxylation sites is 1. The molecule has 6 heteroatoms. The summed E-state index contributed by atoms with van der Waals surface area (Å²) in [6.45, 7) is 2.08. The fourth-order valence-corrected chi connectivity index (χ4v) is 4.92. The van der Waals surface area contributed by atoms with E-state index >= 15 is 0 Å². The van der Waals surface area contributed by atoms with Crippen molar-refractivity contribution in [1.82, 2.24) is 9.29 Å². The van der Waals surface area contributed by atoms with Crippen molar-refractivity contribution in [1.29, 1.82) is 0 Å². The molecule has 0 bridgehead atoms. The summed E-state index contributed by atoms with van der Waals surface area (Å²) in [6.07, 6.45) is 0. The van der Waals surface area contributed by atoms with Crippen molar-refractivity contribution in [2.75, 3.05) is 0 Å². The zero-order valence-corrected chi connectivity index (χ0v) is 17.4. The molecule has 0 saturated heterocycles. The fraction of sp³-hybridized carbons (Fsp3) is 0.125. The maximum atomic E-state index is 13.4. The van der Waals surface area contributed by atoms with E-state index in [9.17, 15) is 13.2 Å². The van der Waals surface area contributed by atoms with Gasteiger partial charge in [-0.05, 0) is 41.6 Å². The number of fused-ring (bicyclic) bond motifs is 1. The van der Waals surface area contributed by atoms with Gasteiger partial charge in [0.05, 0.1) is 10.4 Å². The van der Waals surface area contributed by atoms with Crippen molar-refractivity contribution in [2.45, 2.75) is 24.9 Å². The lowest BCUT2D eigenvalue weighted by Crippen LogP contribution is -2.32. The number of hydrogen-bond acceptors (Lipinski definition) is 3. The van der Waals surface area contributed by atoms with Crippen molar-refractivity contribution in [3.05, 3.63) is 112 Å². The van der Waals surface area contributed by atoms with Crippen LogP contribution in [0.1, 0.15) is 16.7 Å². The van der Waals surface area contributed by atoms with Gasteiger partial charge in [-0.25, -0.2) is 8.42 Å². The van der Waals surface area contributed by atoms with E-state index in [4.69, 9.17) is 0 Å². The van der Waals surface area contributed by atoms with E-state index in [2.05, 4.69) is 4.98 Å². The van der Waals surface area contributed by atoms with Crippen LogP contribution in [-0.2, 0) is 23.1 Å². The smallest absolute Gasteiger partial charge is 0.252 e. The SMILES string of the molecule is Cc1cccc2cc(CN(Cc3ccccc3)S(=O)(=O)c3ccccc3)c(=O)[nH]c12. The minimum atomic E-state index is -3.80. The number of H-pyrrole nitrogens is 1. The highest BCUT2D eigenvalue weighted by Crippen LogP contribution is 2.22. The third-order valence-corrected chi connectivity index (χ3v) is 6.90. The zero-order valence-electron chi connectivity index (χ0n) is 16.6. The molecule has 0 aliphatic rings. The summed E-state index contributed by atoms with van der Waals surface area (Å²) in [6, 6.07) is 25.2. The Kier molecular flexibility index (Phi) is 5.53. The number of aromatic nitrogens is 1. The molecule has 0 amide bonds. The lowest BCUT2D eigenvalue weighted by molar-refractivity contribution is 0.400. The number of pyridine rings is 1. The molecular formula is C24H22N2O3S. The Balaban J connectivity index is 1.78.